The molecule has 15 heavy (non-hydrogen) atoms. The van der Waals surface area contributed by atoms with Gasteiger partial charge in [-0.3, -0.25) is 11.3 Å². The molecule has 0 aliphatic carbocycles. The predicted molar refractivity (Wildman–Crippen MR) is 62.7 cm³/mol. The van der Waals surface area contributed by atoms with Crippen LogP contribution in [0.4, 0.5) is 0 Å². The van der Waals surface area contributed by atoms with E-state index >= 15 is 0 Å². The van der Waals surface area contributed by atoms with E-state index < -0.39 is 0 Å². The average molecular weight is 226 g/mol. The molecular formula is C11H18N2OS. The van der Waals surface area contributed by atoms with Gasteiger partial charge in [0.2, 0.25) is 0 Å². The number of rotatable bonds is 4. The van der Waals surface area contributed by atoms with Crippen LogP contribution < -0.4 is 11.3 Å². The first kappa shape index (κ1) is 11.1. The lowest BCUT2D eigenvalue weighted by Crippen LogP contribution is -2.45. The van der Waals surface area contributed by atoms with Gasteiger partial charge in [0.1, 0.15) is 0 Å². The summed E-state index contributed by atoms with van der Waals surface area (Å²) in [6, 6.07) is 4.47. The summed E-state index contributed by atoms with van der Waals surface area (Å²) >= 11 is 1.78. The first-order valence-corrected chi connectivity index (χ1v) is 6.31. The molecule has 2 rings (SSSR count). The zero-order chi connectivity index (χ0) is 10.7. The fourth-order valence-electron chi connectivity index (χ4n) is 2.07. The van der Waals surface area contributed by atoms with Crippen molar-refractivity contribution in [2.45, 2.75) is 44.4 Å². The summed E-state index contributed by atoms with van der Waals surface area (Å²) in [6.45, 7) is 2.12. The molecular weight excluding hydrogens is 208 g/mol. The minimum Gasteiger partial charge on any atom is -0.374 e. The van der Waals surface area contributed by atoms with E-state index in [1.165, 1.54) is 4.88 Å². The van der Waals surface area contributed by atoms with E-state index in [1.807, 2.05) is 0 Å². The molecule has 0 bridgehead atoms. The smallest absolute Gasteiger partial charge is 0.0749 e. The standard InChI is InChI=1S/C11H18N2OS/c1-8-4-5-11(14-8)10(13-12)7-9-3-2-6-15-9/h2-3,6,8,10-11,13H,4-5,7,12H2,1H3. The van der Waals surface area contributed by atoms with Crippen molar-refractivity contribution in [3.63, 3.8) is 0 Å². The summed E-state index contributed by atoms with van der Waals surface area (Å²) in [4.78, 5) is 1.36. The molecule has 3 atom stereocenters. The van der Waals surface area contributed by atoms with Gasteiger partial charge in [0.25, 0.3) is 0 Å². The minimum atomic E-state index is 0.244. The molecule has 1 fully saturated rings. The van der Waals surface area contributed by atoms with E-state index in [9.17, 15) is 0 Å². The molecule has 0 spiro atoms. The van der Waals surface area contributed by atoms with Gasteiger partial charge in [0.15, 0.2) is 0 Å². The molecule has 0 radical (unpaired) electrons. The highest BCUT2D eigenvalue weighted by molar-refractivity contribution is 7.09. The Morgan fingerprint density at radius 3 is 3.07 bits per heavy atom. The quantitative estimate of drug-likeness (QED) is 0.606. The van der Waals surface area contributed by atoms with Crippen molar-refractivity contribution in [2.24, 2.45) is 5.84 Å². The zero-order valence-corrected chi connectivity index (χ0v) is 9.80. The Kier molecular flexibility index (Phi) is 3.75. The van der Waals surface area contributed by atoms with Gasteiger partial charge < -0.3 is 4.74 Å². The second kappa shape index (κ2) is 5.07. The minimum absolute atomic E-state index is 0.244. The monoisotopic (exact) mass is 226 g/mol. The van der Waals surface area contributed by atoms with Gasteiger partial charge in [-0.25, -0.2) is 0 Å². The molecule has 1 aliphatic heterocycles. The summed E-state index contributed by atoms with van der Waals surface area (Å²) in [6.07, 6.45) is 3.88. The number of ether oxygens (including phenoxy) is 1. The number of nitrogens with two attached hydrogens (primary N) is 1. The molecule has 0 saturated carbocycles. The molecule has 1 aromatic heterocycles. The first-order chi connectivity index (χ1) is 7.29. The molecule has 4 heteroatoms. The van der Waals surface area contributed by atoms with Crippen LogP contribution in [0.25, 0.3) is 0 Å². The number of hydrazine groups is 1. The Morgan fingerprint density at radius 1 is 1.67 bits per heavy atom. The molecule has 1 aliphatic rings. The summed E-state index contributed by atoms with van der Waals surface area (Å²) in [5.74, 6) is 5.59. The largest absolute Gasteiger partial charge is 0.374 e. The van der Waals surface area contributed by atoms with Gasteiger partial charge in [0.05, 0.1) is 18.2 Å². The molecule has 2 heterocycles. The Hall–Kier alpha value is -0.420. The van der Waals surface area contributed by atoms with Crippen LogP contribution in [0, 0.1) is 0 Å². The van der Waals surface area contributed by atoms with E-state index in [0.717, 1.165) is 19.3 Å². The van der Waals surface area contributed by atoms with Crippen LogP contribution in [0.5, 0.6) is 0 Å². The maximum absolute atomic E-state index is 5.83. The molecule has 1 aromatic rings. The van der Waals surface area contributed by atoms with Crippen LogP contribution in [-0.4, -0.2) is 18.2 Å². The fourth-order valence-corrected chi connectivity index (χ4v) is 2.84. The van der Waals surface area contributed by atoms with Gasteiger partial charge in [-0.2, -0.15) is 0 Å². The SMILES string of the molecule is CC1CCC(C(Cc2cccs2)NN)O1. The van der Waals surface area contributed by atoms with Crippen LogP contribution in [0.3, 0.4) is 0 Å². The van der Waals surface area contributed by atoms with Crippen molar-refractivity contribution in [3.8, 4) is 0 Å². The number of hydrogen-bond acceptors (Lipinski definition) is 4. The molecule has 3 N–H and O–H groups in total. The van der Waals surface area contributed by atoms with E-state index in [2.05, 4.69) is 29.9 Å². The topological polar surface area (TPSA) is 47.3 Å². The van der Waals surface area contributed by atoms with Crippen LogP contribution in [0.2, 0.25) is 0 Å². The van der Waals surface area contributed by atoms with Crippen LogP contribution in [0.1, 0.15) is 24.6 Å². The fraction of sp³-hybridized carbons (Fsp3) is 0.636. The Bertz CT molecular complexity index is 289. The molecule has 3 nitrogen and oxygen atoms in total. The van der Waals surface area contributed by atoms with Gasteiger partial charge in [-0.1, -0.05) is 6.07 Å². The van der Waals surface area contributed by atoms with Crippen molar-refractivity contribution in [1.29, 1.82) is 0 Å². The third-order valence-electron chi connectivity index (χ3n) is 2.93. The van der Waals surface area contributed by atoms with Gasteiger partial charge in [-0.15, -0.1) is 11.3 Å². The molecule has 1 saturated heterocycles. The van der Waals surface area contributed by atoms with Crippen molar-refractivity contribution in [2.75, 3.05) is 0 Å². The third kappa shape index (κ3) is 2.78. The highest BCUT2D eigenvalue weighted by Gasteiger charge is 2.29. The van der Waals surface area contributed by atoms with E-state index in [0.29, 0.717) is 6.10 Å². The second-order valence-electron chi connectivity index (χ2n) is 4.12. The van der Waals surface area contributed by atoms with Crippen molar-refractivity contribution in [1.82, 2.24) is 5.43 Å². The number of thiophene rings is 1. The van der Waals surface area contributed by atoms with E-state index in [1.54, 1.807) is 11.3 Å². The second-order valence-corrected chi connectivity index (χ2v) is 5.15. The van der Waals surface area contributed by atoms with Gasteiger partial charge >= 0.3 is 0 Å². The van der Waals surface area contributed by atoms with Crippen LogP contribution >= 0.6 is 11.3 Å². The van der Waals surface area contributed by atoms with Crippen molar-refractivity contribution >= 4 is 11.3 Å². The number of nitrogens with one attached hydrogen (secondary N) is 1. The first-order valence-electron chi connectivity index (χ1n) is 5.43. The predicted octanol–water partition coefficient (Wildman–Crippen LogP) is 1.69. The third-order valence-corrected chi connectivity index (χ3v) is 3.83. The lowest BCUT2D eigenvalue weighted by atomic mass is 10.0. The van der Waals surface area contributed by atoms with Crippen molar-refractivity contribution in [3.05, 3.63) is 22.4 Å². The molecule has 0 amide bonds. The molecule has 3 unspecified atom stereocenters. The van der Waals surface area contributed by atoms with Gasteiger partial charge in [0, 0.05) is 11.3 Å². The van der Waals surface area contributed by atoms with Crippen LogP contribution in [0.15, 0.2) is 17.5 Å². The van der Waals surface area contributed by atoms with Gasteiger partial charge in [-0.05, 0) is 31.2 Å². The molecule has 84 valence electrons. The Balaban J connectivity index is 1.92. The lowest BCUT2D eigenvalue weighted by Gasteiger charge is -2.22. The highest BCUT2D eigenvalue weighted by atomic mass is 32.1. The lowest BCUT2D eigenvalue weighted by molar-refractivity contribution is 0.0322. The summed E-state index contributed by atoms with van der Waals surface area (Å²) in [7, 11) is 0. The Morgan fingerprint density at radius 2 is 2.53 bits per heavy atom. The maximum atomic E-state index is 5.83. The summed E-state index contributed by atoms with van der Waals surface area (Å²) < 4.78 is 5.83. The van der Waals surface area contributed by atoms with Crippen LogP contribution in [-0.2, 0) is 11.2 Å². The Labute approximate surface area is 94.6 Å². The summed E-state index contributed by atoms with van der Waals surface area (Å²) in [5, 5.41) is 2.10. The van der Waals surface area contributed by atoms with E-state index in [-0.39, 0.29) is 12.1 Å². The highest BCUT2D eigenvalue weighted by Crippen LogP contribution is 2.24. The average Bonchev–Trinajstić information content (AvgIpc) is 2.85. The zero-order valence-electron chi connectivity index (χ0n) is 8.98. The maximum Gasteiger partial charge on any atom is 0.0749 e. The summed E-state index contributed by atoms with van der Waals surface area (Å²) in [5.41, 5.74) is 2.88. The normalized spacial score (nSPS) is 28.1. The van der Waals surface area contributed by atoms with Crippen molar-refractivity contribution < 1.29 is 4.74 Å². The van der Waals surface area contributed by atoms with E-state index in [4.69, 9.17) is 10.6 Å². The molecule has 0 aromatic carbocycles. The number of hydrogen-bond donors (Lipinski definition) is 2.